The molecule has 3 aromatic heterocycles. The van der Waals surface area contributed by atoms with Crippen molar-refractivity contribution in [1.82, 2.24) is 24.7 Å². The quantitative estimate of drug-likeness (QED) is 0.631. The summed E-state index contributed by atoms with van der Waals surface area (Å²) in [7, 11) is 0. The molecule has 1 saturated carbocycles. The summed E-state index contributed by atoms with van der Waals surface area (Å²) in [5, 5.41) is 12.0. The minimum absolute atomic E-state index is 0.564. The lowest BCUT2D eigenvalue weighted by atomic mass is 9.97. The van der Waals surface area contributed by atoms with Gasteiger partial charge in [-0.1, -0.05) is 0 Å². The van der Waals surface area contributed by atoms with Crippen LogP contribution in [-0.4, -0.2) is 24.7 Å². The van der Waals surface area contributed by atoms with Crippen LogP contribution >= 0.6 is 23.1 Å². The molecule has 25 heavy (non-hydrogen) atoms. The molecule has 1 fully saturated rings. The Morgan fingerprint density at radius 2 is 2.00 bits per heavy atom. The van der Waals surface area contributed by atoms with Gasteiger partial charge in [0, 0.05) is 22.7 Å². The first-order valence-electron chi connectivity index (χ1n) is 9.14. The molecular formula is C18H21N5S2. The van der Waals surface area contributed by atoms with Crippen LogP contribution in [0, 0.1) is 6.92 Å². The second-order valence-corrected chi connectivity index (χ2v) is 8.97. The second-order valence-electron chi connectivity index (χ2n) is 6.93. The first-order chi connectivity index (χ1) is 12.2. The van der Waals surface area contributed by atoms with E-state index in [2.05, 4.69) is 21.7 Å². The van der Waals surface area contributed by atoms with Gasteiger partial charge in [-0.15, -0.1) is 21.5 Å². The molecule has 0 aliphatic heterocycles. The van der Waals surface area contributed by atoms with Gasteiger partial charge in [0.1, 0.15) is 21.5 Å². The largest absolute Gasteiger partial charge is 0.306 e. The van der Waals surface area contributed by atoms with Crippen LogP contribution in [0.3, 0.4) is 0 Å². The average Bonchev–Trinajstić information content (AvgIpc) is 3.32. The van der Waals surface area contributed by atoms with E-state index in [4.69, 9.17) is 9.97 Å². The Kier molecular flexibility index (Phi) is 3.82. The maximum absolute atomic E-state index is 5.00. The Bertz CT molecular complexity index is 954. The summed E-state index contributed by atoms with van der Waals surface area (Å²) in [6.45, 7) is 5.03. The van der Waals surface area contributed by atoms with Crippen molar-refractivity contribution in [2.45, 2.75) is 75.0 Å². The monoisotopic (exact) mass is 371 g/mol. The van der Waals surface area contributed by atoms with Crippen molar-refractivity contribution < 1.29 is 0 Å². The topological polar surface area (TPSA) is 56.5 Å². The Hall–Kier alpha value is -1.47. The smallest absolute Gasteiger partial charge is 0.197 e. The number of aromatic nitrogens is 5. The van der Waals surface area contributed by atoms with Gasteiger partial charge in [0.2, 0.25) is 0 Å². The maximum atomic E-state index is 5.00. The molecule has 0 bridgehead atoms. The van der Waals surface area contributed by atoms with E-state index in [-0.39, 0.29) is 0 Å². The normalized spacial score (nSPS) is 17.2. The molecule has 130 valence electrons. The predicted molar refractivity (Wildman–Crippen MR) is 101 cm³/mol. The fourth-order valence-corrected chi connectivity index (χ4v) is 6.05. The molecule has 0 radical (unpaired) electrons. The molecule has 7 heteroatoms. The number of rotatable bonds is 4. The van der Waals surface area contributed by atoms with E-state index in [1.165, 1.54) is 52.8 Å². The Morgan fingerprint density at radius 3 is 2.80 bits per heavy atom. The number of fused-ring (bicyclic) bond motifs is 3. The fraction of sp³-hybridized carbons (Fsp3) is 0.556. The van der Waals surface area contributed by atoms with Crippen LogP contribution in [0.25, 0.3) is 10.2 Å². The molecule has 0 spiro atoms. The zero-order valence-corrected chi connectivity index (χ0v) is 16.2. The summed E-state index contributed by atoms with van der Waals surface area (Å²) in [4.78, 5) is 12.7. The third-order valence-electron chi connectivity index (χ3n) is 5.15. The van der Waals surface area contributed by atoms with Crippen LogP contribution in [0.2, 0.25) is 0 Å². The number of hydrogen-bond acceptors (Lipinski definition) is 6. The first kappa shape index (κ1) is 15.8. The standard InChI is InChI=1S/C18H21N5S2/c1-3-23-10(2)21-22-18(23)25-17-14-12-6-4-5-7-13(12)24-16(14)19-15(20-17)11-8-9-11/h11H,3-9H2,1-2H3. The molecule has 0 N–H and O–H groups in total. The van der Waals surface area contributed by atoms with Gasteiger partial charge in [-0.25, -0.2) is 9.97 Å². The Labute approximate surface area is 155 Å². The van der Waals surface area contributed by atoms with Gasteiger partial charge in [-0.2, -0.15) is 0 Å². The molecule has 0 amide bonds. The zero-order valence-electron chi connectivity index (χ0n) is 14.6. The minimum atomic E-state index is 0.564. The van der Waals surface area contributed by atoms with Gasteiger partial charge < -0.3 is 4.57 Å². The van der Waals surface area contributed by atoms with Gasteiger partial charge in [0.25, 0.3) is 0 Å². The second kappa shape index (κ2) is 6.06. The summed E-state index contributed by atoms with van der Waals surface area (Å²) in [6.07, 6.45) is 7.39. The van der Waals surface area contributed by atoms with Gasteiger partial charge >= 0.3 is 0 Å². The van der Waals surface area contributed by atoms with E-state index >= 15 is 0 Å². The Balaban J connectivity index is 1.67. The zero-order chi connectivity index (χ0) is 17.0. The van der Waals surface area contributed by atoms with Crippen molar-refractivity contribution in [3.05, 3.63) is 22.1 Å². The van der Waals surface area contributed by atoms with Crippen LogP contribution in [0.5, 0.6) is 0 Å². The summed E-state index contributed by atoms with van der Waals surface area (Å²) in [5.41, 5.74) is 1.50. The first-order valence-corrected chi connectivity index (χ1v) is 10.8. The summed E-state index contributed by atoms with van der Waals surface area (Å²) < 4.78 is 2.16. The average molecular weight is 372 g/mol. The van der Waals surface area contributed by atoms with Crippen LogP contribution < -0.4 is 0 Å². The molecule has 0 saturated heterocycles. The van der Waals surface area contributed by atoms with E-state index < -0.39 is 0 Å². The lowest BCUT2D eigenvalue weighted by Gasteiger charge is -2.12. The molecule has 2 aliphatic carbocycles. The molecule has 3 aromatic rings. The highest BCUT2D eigenvalue weighted by Gasteiger charge is 2.30. The molecular weight excluding hydrogens is 350 g/mol. The van der Waals surface area contributed by atoms with E-state index in [1.807, 2.05) is 18.3 Å². The SMILES string of the molecule is CCn1c(C)nnc1Sc1nc(C2CC2)nc2sc3c(c12)CCCC3. The lowest BCUT2D eigenvalue weighted by molar-refractivity contribution is 0.661. The molecule has 0 atom stereocenters. The number of hydrogen-bond donors (Lipinski definition) is 0. The molecule has 2 aliphatic rings. The predicted octanol–water partition coefficient (Wildman–Crippen LogP) is 4.52. The van der Waals surface area contributed by atoms with Crippen LogP contribution in [0.1, 0.15) is 60.6 Å². The van der Waals surface area contributed by atoms with E-state index in [0.717, 1.165) is 34.8 Å². The summed E-state index contributed by atoms with van der Waals surface area (Å²) in [6, 6.07) is 0. The van der Waals surface area contributed by atoms with Crippen molar-refractivity contribution in [2.24, 2.45) is 0 Å². The summed E-state index contributed by atoms with van der Waals surface area (Å²) in [5.74, 6) is 2.56. The van der Waals surface area contributed by atoms with Crippen molar-refractivity contribution in [2.75, 3.05) is 0 Å². The lowest BCUT2D eigenvalue weighted by Crippen LogP contribution is -2.02. The van der Waals surface area contributed by atoms with Gasteiger partial charge in [-0.05, 0) is 69.7 Å². The van der Waals surface area contributed by atoms with Crippen LogP contribution in [0.4, 0.5) is 0 Å². The third-order valence-corrected chi connectivity index (χ3v) is 7.31. The van der Waals surface area contributed by atoms with Crippen LogP contribution in [-0.2, 0) is 19.4 Å². The number of thiophene rings is 1. The summed E-state index contributed by atoms with van der Waals surface area (Å²) >= 11 is 3.56. The van der Waals surface area contributed by atoms with Crippen molar-refractivity contribution in [1.29, 1.82) is 0 Å². The molecule has 0 aromatic carbocycles. The maximum Gasteiger partial charge on any atom is 0.197 e. The Morgan fingerprint density at radius 1 is 1.16 bits per heavy atom. The van der Waals surface area contributed by atoms with Crippen molar-refractivity contribution in [3.8, 4) is 0 Å². The highest BCUT2D eigenvalue weighted by atomic mass is 32.2. The van der Waals surface area contributed by atoms with Gasteiger partial charge in [0.05, 0.1) is 0 Å². The molecule has 5 rings (SSSR count). The number of aryl methyl sites for hydroxylation is 3. The van der Waals surface area contributed by atoms with Crippen molar-refractivity contribution >= 4 is 33.3 Å². The third kappa shape index (κ3) is 2.68. The van der Waals surface area contributed by atoms with Crippen LogP contribution in [0.15, 0.2) is 10.2 Å². The number of nitrogens with zero attached hydrogens (tertiary/aromatic N) is 5. The van der Waals surface area contributed by atoms with Gasteiger partial charge in [-0.3, -0.25) is 0 Å². The molecule has 5 nitrogen and oxygen atoms in total. The van der Waals surface area contributed by atoms with E-state index in [9.17, 15) is 0 Å². The van der Waals surface area contributed by atoms with E-state index in [1.54, 1.807) is 11.8 Å². The molecule has 0 unspecified atom stereocenters. The molecule has 3 heterocycles. The fourth-order valence-electron chi connectivity index (χ4n) is 3.63. The van der Waals surface area contributed by atoms with Gasteiger partial charge in [0.15, 0.2) is 5.16 Å². The highest BCUT2D eigenvalue weighted by Crippen LogP contribution is 2.44. The minimum Gasteiger partial charge on any atom is -0.306 e. The highest BCUT2D eigenvalue weighted by molar-refractivity contribution is 7.99. The van der Waals surface area contributed by atoms with E-state index in [0.29, 0.717) is 5.92 Å². The van der Waals surface area contributed by atoms with Crippen molar-refractivity contribution in [3.63, 3.8) is 0 Å².